The van der Waals surface area contributed by atoms with E-state index >= 15 is 0 Å². The predicted octanol–water partition coefficient (Wildman–Crippen LogP) is 2.29. The summed E-state index contributed by atoms with van der Waals surface area (Å²) >= 11 is 0. The van der Waals surface area contributed by atoms with E-state index in [0.29, 0.717) is 6.04 Å². The zero-order valence-electron chi connectivity index (χ0n) is 7.71. The molecule has 1 heterocycles. The van der Waals surface area contributed by atoms with Crippen LogP contribution in [0.3, 0.4) is 0 Å². The number of likely N-dealkylation sites (tertiary alicyclic amines) is 1. The van der Waals surface area contributed by atoms with Crippen molar-refractivity contribution in [2.75, 3.05) is 13.1 Å². The molecule has 1 atom stereocenters. The molecule has 0 unspecified atom stereocenters. The van der Waals surface area contributed by atoms with Crippen LogP contribution in [0.25, 0.3) is 0 Å². The third-order valence-corrected chi connectivity index (χ3v) is 2.55. The third kappa shape index (κ3) is 2.33. The summed E-state index contributed by atoms with van der Waals surface area (Å²) < 4.78 is 0. The van der Waals surface area contributed by atoms with Gasteiger partial charge in [0.05, 0.1) is 0 Å². The van der Waals surface area contributed by atoms with Crippen molar-refractivity contribution < 1.29 is 0 Å². The topological polar surface area (TPSA) is 3.24 Å². The molecule has 0 aromatic rings. The molecule has 0 saturated carbocycles. The van der Waals surface area contributed by atoms with E-state index in [4.69, 9.17) is 0 Å². The van der Waals surface area contributed by atoms with E-state index < -0.39 is 0 Å². The summed E-state index contributed by atoms with van der Waals surface area (Å²) in [5, 5.41) is 0. The Hall–Kier alpha value is -0.300. The van der Waals surface area contributed by atoms with E-state index in [-0.39, 0.29) is 0 Å². The summed E-state index contributed by atoms with van der Waals surface area (Å²) in [7, 11) is 0. The average molecular weight is 153 g/mol. The minimum atomic E-state index is 0.706. The first kappa shape index (κ1) is 8.79. The Balaban J connectivity index is 2.39. The van der Waals surface area contributed by atoms with Crippen LogP contribution in [0.15, 0.2) is 12.7 Å². The summed E-state index contributed by atoms with van der Waals surface area (Å²) in [5.74, 6) is 0.742. The van der Waals surface area contributed by atoms with Crippen LogP contribution in [-0.4, -0.2) is 24.0 Å². The Bertz CT molecular complexity index is 129. The molecule has 0 spiro atoms. The third-order valence-electron chi connectivity index (χ3n) is 2.55. The molecule has 0 aromatic carbocycles. The fourth-order valence-electron chi connectivity index (χ4n) is 1.70. The van der Waals surface area contributed by atoms with Gasteiger partial charge in [0.1, 0.15) is 0 Å². The molecule has 64 valence electrons. The molecule has 1 nitrogen and oxygen atoms in total. The molecular formula is C10H19N. The molecule has 1 saturated heterocycles. The monoisotopic (exact) mass is 153 g/mol. The van der Waals surface area contributed by atoms with E-state index in [1.165, 1.54) is 25.9 Å². The van der Waals surface area contributed by atoms with Crippen molar-refractivity contribution in [2.24, 2.45) is 5.92 Å². The maximum Gasteiger partial charge on any atom is 0.00469 e. The largest absolute Gasteiger partial charge is 0.300 e. The smallest absolute Gasteiger partial charge is 0.00469 e. The molecule has 0 amide bonds. The number of rotatable bonds is 2. The Labute approximate surface area is 70.1 Å². The van der Waals surface area contributed by atoms with Gasteiger partial charge in [-0.05, 0) is 39.2 Å². The minimum Gasteiger partial charge on any atom is -0.300 e. The Morgan fingerprint density at radius 2 is 2.27 bits per heavy atom. The van der Waals surface area contributed by atoms with Gasteiger partial charge < -0.3 is 4.90 Å². The fourth-order valence-corrected chi connectivity index (χ4v) is 1.70. The quantitative estimate of drug-likeness (QED) is 0.550. The van der Waals surface area contributed by atoms with Crippen molar-refractivity contribution in [1.29, 1.82) is 0 Å². The second-order valence-corrected chi connectivity index (χ2v) is 3.73. The van der Waals surface area contributed by atoms with Crippen molar-refractivity contribution in [3.05, 3.63) is 12.7 Å². The van der Waals surface area contributed by atoms with Crippen LogP contribution in [0.2, 0.25) is 0 Å². The van der Waals surface area contributed by atoms with Gasteiger partial charge in [0, 0.05) is 12.6 Å². The lowest BCUT2D eigenvalue weighted by Crippen LogP contribution is -2.39. The summed E-state index contributed by atoms with van der Waals surface area (Å²) in [6, 6.07) is 0.706. The number of hydrogen-bond donors (Lipinski definition) is 0. The van der Waals surface area contributed by atoms with Crippen LogP contribution in [0.5, 0.6) is 0 Å². The SMILES string of the molecule is C=C[C@@H]1CCCN(C(C)C)C1. The lowest BCUT2D eigenvalue weighted by Gasteiger charge is -2.34. The van der Waals surface area contributed by atoms with E-state index in [9.17, 15) is 0 Å². The molecule has 1 aliphatic heterocycles. The molecule has 1 rings (SSSR count). The van der Waals surface area contributed by atoms with Crippen molar-refractivity contribution in [1.82, 2.24) is 4.90 Å². The Kier molecular flexibility index (Phi) is 3.13. The van der Waals surface area contributed by atoms with Gasteiger partial charge >= 0.3 is 0 Å². The van der Waals surface area contributed by atoms with Crippen LogP contribution in [0.1, 0.15) is 26.7 Å². The maximum atomic E-state index is 3.85. The van der Waals surface area contributed by atoms with Gasteiger partial charge in [-0.1, -0.05) is 6.08 Å². The molecule has 1 aliphatic rings. The number of piperidine rings is 1. The van der Waals surface area contributed by atoms with E-state index in [1.807, 2.05) is 0 Å². The van der Waals surface area contributed by atoms with E-state index in [1.54, 1.807) is 0 Å². The highest BCUT2D eigenvalue weighted by molar-refractivity contribution is 4.85. The van der Waals surface area contributed by atoms with Crippen molar-refractivity contribution in [2.45, 2.75) is 32.7 Å². The molecule has 0 aromatic heterocycles. The number of nitrogens with zero attached hydrogens (tertiary/aromatic N) is 1. The highest BCUT2D eigenvalue weighted by Gasteiger charge is 2.18. The zero-order chi connectivity index (χ0) is 8.27. The van der Waals surface area contributed by atoms with Crippen LogP contribution in [0.4, 0.5) is 0 Å². The summed E-state index contributed by atoms with van der Waals surface area (Å²) in [4.78, 5) is 2.54. The first-order chi connectivity index (χ1) is 5.24. The standard InChI is InChI=1S/C10H19N/c1-4-10-6-5-7-11(8-10)9(2)3/h4,9-10H,1,5-8H2,2-3H3/t10-/m1/s1. The summed E-state index contributed by atoms with van der Waals surface area (Å²) in [6.07, 6.45) is 4.79. The van der Waals surface area contributed by atoms with Gasteiger partial charge in [0.15, 0.2) is 0 Å². The summed E-state index contributed by atoms with van der Waals surface area (Å²) in [5.41, 5.74) is 0. The van der Waals surface area contributed by atoms with Crippen LogP contribution in [-0.2, 0) is 0 Å². The van der Waals surface area contributed by atoms with Gasteiger partial charge in [-0.15, -0.1) is 6.58 Å². The second kappa shape index (κ2) is 3.91. The highest BCUT2D eigenvalue weighted by atomic mass is 15.1. The molecule has 0 radical (unpaired) electrons. The molecule has 0 aliphatic carbocycles. The van der Waals surface area contributed by atoms with Gasteiger partial charge in [0.2, 0.25) is 0 Å². The van der Waals surface area contributed by atoms with Crippen LogP contribution in [0, 0.1) is 5.92 Å². The Morgan fingerprint density at radius 1 is 1.55 bits per heavy atom. The molecule has 0 bridgehead atoms. The Morgan fingerprint density at radius 3 is 2.82 bits per heavy atom. The first-order valence-corrected chi connectivity index (χ1v) is 4.60. The zero-order valence-corrected chi connectivity index (χ0v) is 7.71. The van der Waals surface area contributed by atoms with Crippen molar-refractivity contribution >= 4 is 0 Å². The normalized spacial score (nSPS) is 27.4. The van der Waals surface area contributed by atoms with Crippen LogP contribution < -0.4 is 0 Å². The molecule has 11 heavy (non-hydrogen) atoms. The molecule has 1 heteroatoms. The summed E-state index contributed by atoms with van der Waals surface area (Å²) in [6.45, 7) is 10.9. The fraction of sp³-hybridized carbons (Fsp3) is 0.800. The van der Waals surface area contributed by atoms with Crippen LogP contribution >= 0.6 is 0 Å². The lowest BCUT2D eigenvalue weighted by molar-refractivity contribution is 0.158. The van der Waals surface area contributed by atoms with E-state index in [2.05, 4.69) is 31.4 Å². The van der Waals surface area contributed by atoms with Gasteiger partial charge in [-0.3, -0.25) is 0 Å². The minimum absolute atomic E-state index is 0.706. The molecular weight excluding hydrogens is 134 g/mol. The van der Waals surface area contributed by atoms with Gasteiger partial charge in [-0.25, -0.2) is 0 Å². The highest BCUT2D eigenvalue weighted by Crippen LogP contribution is 2.18. The van der Waals surface area contributed by atoms with E-state index in [0.717, 1.165) is 5.92 Å². The average Bonchev–Trinajstić information content (AvgIpc) is 2.05. The molecule has 1 fully saturated rings. The first-order valence-electron chi connectivity index (χ1n) is 4.60. The number of hydrogen-bond acceptors (Lipinski definition) is 1. The predicted molar refractivity (Wildman–Crippen MR) is 49.6 cm³/mol. The van der Waals surface area contributed by atoms with Gasteiger partial charge in [0.25, 0.3) is 0 Å². The van der Waals surface area contributed by atoms with Crippen molar-refractivity contribution in [3.63, 3.8) is 0 Å². The van der Waals surface area contributed by atoms with Crippen molar-refractivity contribution in [3.8, 4) is 0 Å². The molecule has 0 N–H and O–H groups in total. The lowest BCUT2D eigenvalue weighted by atomic mass is 9.97. The van der Waals surface area contributed by atoms with Gasteiger partial charge in [-0.2, -0.15) is 0 Å². The second-order valence-electron chi connectivity index (χ2n) is 3.73. The maximum absolute atomic E-state index is 3.85.